The molecule has 0 spiro atoms. The van der Waals surface area contributed by atoms with Crippen LogP contribution in [-0.2, 0) is 0 Å². The Morgan fingerprint density at radius 3 is 2.39 bits per heavy atom. The minimum atomic E-state index is 0.195. The standard InChI is InChI=1S/C15H17ClN2/c1-11(12-7-9-18-10-8-12)15(17-2)13-5-3-4-6-14(13)16/h3-11,15,17H,1-2H3. The number of hydrogen-bond donors (Lipinski definition) is 1. The Hall–Kier alpha value is -1.38. The smallest absolute Gasteiger partial charge is 0.0454 e. The predicted octanol–water partition coefficient (Wildman–Crippen LogP) is 3.80. The van der Waals surface area contributed by atoms with Crippen LogP contribution in [0.15, 0.2) is 48.8 Å². The molecule has 0 fully saturated rings. The topological polar surface area (TPSA) is 24.9 Å². The highest BCUT2D eigenvalue weighted by molar-refractivity contribution is 6.31. The maximum Gasteiger partial charge on any atom is 0.0454 e. The van der Waals surface area contributed by atoms with Gasteiger partial charge in [-0.25, -0.2) is 0 Å². The van der Waals surface area contributed by atoms with Crippen molar-refractivity contribution in [1.82, 2.24) is 10.3 Å². The summed E-state index contributed by atoms with van der Waals surface area (Å²) in [5.41, 5.74) is 2.38. The van der Waals surface area contributed by atoms with Gasteiger partial charge in [0.25, 0.3) is 0 Å². The van der Waals surface area contributed by atoms with E-state index in [0.29, 0.717) is 5.92 Å². The average molecular weight is 261 g/mol. The van der Waals surface area contributed by atoms with Crippen LogP contribution in [-0.4, -0.2) is 12.0 Å². The monoisotopic (exact) mass is 260 g/mol. The van der Waals surface area contributed by atoms with Crippen molar-refractivity contribution in [1.29, 1.82) is 0 Å². The molecule has 0 bridgehead atoms. The summed E-state index contributed by atoms with van der Waals surface area (Å²) in [7, 11) is 1.96. The SMILES string of the molecule is CNC(c1ccccc1Cl)C(C)c1ccncc1. The van der Waals surface area contributed by atoms with Gasteiger partial charge in [0, 0.05) is 29.4 Å². The minimum Gasteiger partial charge on any atom is -0.312 e. The van der Waals surface area contributed by atoms with Crippen LogP contribution in [0.1, 0.15) is 30.0 Å². The van der Waals surface area contributed by atoms with Crippen molar-refractivity contribution < 1.29 is 0 Å². The first-order chi connectivity index (χ1) is 8.74. The van der Waals surface area contributed by atoms with Crippen LogP contribution >= 0.6 is 11.6 Å². The van der Waals surface area contributed by atoms with E-state index in [1.165, 1.54) is 5.56 Å². The predicted molar refractivity (Wildman–Crippen MR) is 75.9 cm³/mol. The van der Waals surface area contributed by atoms with Crippen molar-refractivity contribution >= 4 is 11.6 Å². The fourth-order valence-electron chi connectivity index (χ4n) is 2.26. The van der Waals surface area contributed by atoms with Crippen LogP contribution in [0.25, 0.3) is 0 Å². The molecule has 2 nitrogen and oxygen atoms in total. The van der Waals surface area contributed by atoms with Crippen molar-refractivity contribution in [2.45, 2.75) is 18.9 Å². The summed E-state index contributed by atoms with van der Waals surface area (Å²) < 4.78 is 0. The molecule has 1 aromatic carbocycles. The molecule has 0 aliphatic heterocycles. The Balaban J connectivity index is 2.32. The molecule has 0 saturated carbocycles. The quantitative estimate of drug-likeness (QED) is 0.905. The van der Waals surface area contributed by atoms with Gasteiger partial charge in [0.2, 0.25) is 0 Å². The average Bonchev–Trinajstić information content (AvgIpc) is 2.42. The normalized spacial score (nSPS) is 14.2. The summed E-state index contributed by atoms with van der Waals surface area (Å²) in [6.07, 6.45) is 3.65. The van der Waals surface area contributed by atoms with E-state index in [0.717, 1.165) is 10.6 Å². The van der Waals surface area contributed by atoms with Crippen molar-refractivity contribution in [2.24, 2.45) is 0 Å². The number of hydrogen-bond acceptors (Lipinski definition) is 2. The molecule has 94 valence electrons. The molecule has 2 rings (SSSR count). The molecular weight excluding hydrogens is 244 g/mol. The number of halogens is 1. The maximum absolute atomic E-state index is 6.28. The van der Waals surface area contributed by atoms with E-state index >= 15 is 0 Å². The summed E-state index contributed by atoms with van der Waals surface area (Å²) in [6, 6.07) is 12.3. The van der Waals surface area contributed by atoms with E-state index in [4.69, 9.17) is 11.6 Å². The van der Waals surface area contributed by atoms with Crippen LogP contribution in [0.3, 0.4) is 0 Å². The zero-order valence-electron chi connectivity index (χ0n) is 10.6. The van der Waals surface area contributed by atoms with Gasteiger partial charge in [0.05, 0.1) is 0 Å². The number of pyridine rings is 1. The zero-order valence-corrected chi connectivity index (χ0v) is 11.4. The lowest BCUT2D eigenvalue weighted by Crippen LogP contribution is -2.22. The molecule has 2 atom stereocenters. The molecule has 0 radical (unpaired) electrons. The van der Waals surface area contributed by atoms with Gasteiger partial charge < -0.3 is 5.32 Å². The van der Waals surface area contributed by atoms with Crippen LogP contribution in [0, 0.1) is 0 Å². The molecule has 2 aromatic rings. The minimum absolute atomic E-state index is 0.195. The highest BCUT2D eigenvalue weighted by Gasteiger charge is 2.20. The van der Waals surface area contributed by atoms with Gasteiger partial charge in [-0.15, -0.1) is 0 Å². The van der Waals surface area contributed by atoms with E-state index in [-0.39, 0.29) is 6.04 Å². The molecule has 3 heteroatoms. The lowest BCUT2D eigenvalue weighted by atomic mass is 9.89. The number of rotatable bonds is 4. The van der Waals surface area contributed by atoms with E-state index < -0.39 is 0 Å². The number of benzene rings is 1. The van der Waals surface area contributed by atoms with E-state index in [2.05, 4.69) is 23.3 Å². The van der Waals surface area contributed by atoms with Gasteiger partial charge in [-0.1, -0.05) is 36.7 Å². The summed E-state index contributed by atoms with van der Waals surface area (Å²) in [5, 5.41) is 4.16. The van der Waals surface area contributed by atoms with Crippen LogP contribution in [0.5, 0.6) is 0 Å². The fraction of sp³-hybridized carbons (Fsp3) is 0.267. The number of nitrogens with one attached hydrogen (secondary N) is 1. The molecule has 0 amide bonds. The fourth-order valence-corrected chi connectivity index (χ4v) is 2.51. The third-order valence-electron chi connectivity index (χ3n) is 3.28. The molecule has 1 heterocycles. The lowest BCUT2D eigenvalue weighted by molar-refractivity contribution is 0.508. The van der Waals surface area contributed by atoms with E-state index in [1.807, 2.05) is 49.8 Å². The van der Waals surface area contributed by atoms with Crippen molar-refractivity contribution in [3.8, 4) is 0 Å². The maximum atomic E-state index is 6.28. The first-order valence-corrected chi connectivity index (χ1v) is 6.43. The van der Waals surface area contributed by atoms with Crippen molar-refractivity contribution in [2.75, 3.05) is 7.05 Å². The molecule has 2 unspecified atom stereocenters. The number of aromatic nitrogens is 1. The van der Waals surface area contributed by atoms with Gasteiger partial charge in [-0.2, -0.15) is 0 Å². The summed E-state index contributed by atoms with van der Waals surface area (Å²) in [5.74, 6) is 0.331. The Labute approximate surface area is 113 Å². The highest BCUT2D eigenvalue weighted by Crippen LogP contribution is 2.33. The van der Waals surface area contributed by atoms with E-state index in [9.17, 15) is 0 Å². The lowest BCUT2D eigenvalue weighted by Gasteiger charge is -2.25. The largest absolute Gasteiger partial charge is 0.312 e. The summed E-state index contributed by atoms with van der Waals surface area (Å²) in [4.78, 5) is 4.06. The highest BCUT2D eigenvalue weighted by atomic mass is 35.5. The van der Waals surface area contributed by atoms with Gasteiger partial charge in [0.1, 0.15) is 0 Å². The number of likely N-dealkylation sites (N-methyl/N-ethyl adjacent to an activating group) is 1. The molecule has 1 aromatic heterocycles. The third-order valence-corrected chi connectivity index (χ3v) is 3.63. The first kappa shape index (κ1) is 13.1. The van der Waals surface area contributed by atoms with E-state index in [1.54, 1.807) is 0 Å². The summed E-state index contributed by atoms with van der Waals surface area (Å²) >= 11 is 6.28. The van der Waals surface area contributed by atoms with Crippen molar-refractivity contribution in [3.05, 3.63) is 64.9 Å². The second kappa shape index (κ2) is 5.98. The van der Waals surface area contributed by atoms with Crippen molar-refractivity contribution in [3.63, 3.8) is 0 Å². The third kappa shape index (κ3) is 2.71. The second-order valence-corrected chi connectivity index (χ2v) is 4.76. The Morgan fingerprint density at radius 2 is 1.78 bits per heavy atom. The zero-order chi connectivity index (χ0) is 13.0. The molecule has 18 heavy (non-hydrogen) atoms. The Kier molecular flexibility index (Phi) is 4.34. The summed E-state index contributed by atoms with van der Waals surface area (Å²) in [6.45, 7) is 2.19. The van der Waals surface area contributed by atoms with Gasteiger partial charge in [-0.05, 0) is 36.4 Å². The molecule has 0 aliphatic rings. The number of nitrogens with zero attached hydrogens (tertiary/aromatic N) is 1. The molecular formula is C15H17ClN2. The van der Waals surface area contributed by atoms with Crippen LogP contribution in [0.2, 0.25) is 5.02 Å². The Morgan fingerprint density at radius 1 is 1.11 bits per heavy atom. The molecule has 1 N–H and O–H groups in total. The van der Waals surface area contributed by atoms with Crippen LogP contribution in [0.4, 0.5) is 0 Å². The van der Waals surface area contributed by atoms with Gasteiger partial charge >= 0.3 is 0 Å². The Bertz CT molecular complexity index is 499. The molecule has 0 saturated heterocycles. The first-order valence-electron chi connectivity index (χ1n) is 6.05. The van der Waals surface area contributed by atoms with Gasteiger partial charge in [-0.3, -0.25) is 4.98 Å². The second-order valence-electron chi connectivity index (χ2n) is 4.36. The molecule has 0 aliphatic carbocycles. The van der Waals surface area contributed by atoms with Crippen LogP contribution < -0.4 is 5.32 Å². The van der Waals surface area contributed by atoms with Gasteiger partial charge in [0.15, 0.2) is 0 Å².